The number of methoxy groups -OCH3 is 2. The molecule has 0 amide bonds. The first-order chi connectivity index (χ1) is 14.8. The fourth-order valence-corrected chi connectivity index (χ4v) is 3.33. The zero-order chi connectivity index (χ0) is 22.5. The van der Waals surface area contributed by atoms with Crippen LogP contribution in [-0.2, 0) is 9.47 Å². The smallest absolute Gasteiger partial charge is 0.338 e. The maximum atomic E-state index is 12.7. The Hall–Kier alpha value is -3.87. The molecular formula is C24H23NO6. The molecule has 0 unspecified atom stereocenters. The van der Waals surface area contributed by atoms with Gasteiger partial charge >= 0.3 is 11.9 Å². The number of esters is 2. The van der Waals surface area contributed by atoms with Crippen molar-refractivity contribution < 1.29 is 28.6 Å². The Morgan fingerprint density at radius 3 is 1.97 bits per heavy atom. The van der Waals surface area contributed by atoms with Crippen molar-refractivity contribution in [1.29, 1.82) is 0 Å². The van der Waals surface area contributed by atoms with Crippen LogP contribution in [0.5, 0.6) is 5.75 Å². The first-order valence-electron chi connectivity index (χ1n) is 9.57. The van der Waals surface area contributed by atoms with Gasteiger partial charge in [0.15, 0.2) is 6.61 Å². The Morgan fingerprint density at radius 1 is 0.839 bits per heavy atom. The highest BCUT2D eigenvalue weighted by Crippen LogP contribution is 2.23. The summed E-state index contributed by atoms with van der Waals surface area (Å²) >= 11 is 0. The number of nitrogens with zero attached hydrogens (tertiary/aromatic N) is 1. The average molecular weight is 421 g/mol. The number of carbonyl (C=O) groups is 3. The zero-order valence-corrected chi connectivity index (χ0v) is 17.8. The molecule has 0 saturated heterocycles. The van der Waals surface area contributed by atoms with Crippen molar-refractivity contribution in [3.8, 4) is 11.4 Å². The summed E-state index contributed by atoms with van der Waals surface area (Å²) in [5.41, 5.74) is 3.59. The largest absolute Gasteiger partial charge is 0.497 e. The first-order valence-corrected chi connectivity index (χ1v) is 9.57. The summed E-state index contributed by atoms with van der Waals surface area (Å²) in [6.07, 6.45) is 0. The van der Waals surface area contributed by atoms with E-state index in [9.17, 15) is 14.4 Å². The van der Waals surface area contributed by atoms with Gasteiger partial charge in [0.1, 0.15) is 5.75 Å². The fraction of sp³-hybridized carbons (Fsp3) is 0.208. The number of hydrogen-bond acceptors (Lipinski definition) is 6. The van der Waals surface area contributed by atoms with Gasteiger partial charge < -0.3 is 18.8 Å². The van der Waals surface area contributed by atoms with Gasteiger partial charge in [0.05, 0.1) is 25.3 Å². The van der Waals surface area contributed by atoms with Crippen molar-refractivity contribution in [1.82, 2.24) is 4.57 Å². The number of carbonyl (C=O) groups excluding carboxylic acids is 3. The van der Waals surface area contributed by atoms with E-state index in [-0.39, 0.29) is 18.0 Å². The summed E-state index contributed by atoms with van der Waals surface area (Å²) in [6.45, 7) is 3.37. The average Bonchev–Trinajstić information content (AvgIpc) is 3.10. The van der Waals surface area contributed by atoms with Crippen LogP contribution >= 0.6 is 0 Å². The van der Waals surface area contributed by atoms with Crippen LogP contribution in [0.15, 0.2) is 54.6 Å². The summed E-state index contributed by atoms with van der Waals surface area (Å²) < 4.78 is 17.0. The molecule has 0 bridgehead atoms. The van der Waals surface area contributed by atoms with Crippen molar-refractivity contribution >= 4 is 17.7 Å². The van der Waals surface area contributed by atoms with Gasteiger partial charge in [0.2, 0.25) is 5.78 Å². The molecule has 0 aliphatic rings. The van der Waals surface area contributed by atoms with Crippen LogP contribution in [0.25, 0.3) is 5.69 Å². The highest BCUT2D eigenvalue weighted by Gasteiger charge is 2.19. The molecule has 0 atom stereocenters. The number of rotatable bonds is 7. The molecule has 0 aliphatic heterocycles. The SMILES string of the molecule is COC(=O)c1ccc(C(=O)OCC(=O)c2cc(C)n(-c3ccc(OC)cc3)c2C)cc1. The van der Waals surface area contributed by atoms with Crippen molar-refractivity contribution in [3.63, 3.8) is 0 Å². The summed E-state index contributed by atoms with van der Waals surface area (Å²) in [5, 5.41) is 0. The molecule has 3 rings (SSSR count). The summed E-state index contributed by atoms with van der Waals surface area (Å²) in [5.74, 6) is -0.697. The second-order valence-corrected chi connectivity index (χ2v) is 6.89. The van der Waals surface area contributed by atoms with Gasteiger partial charge in [0, 0.05) is 22.6 Å². The third-order valence-electron chi connectivity index (χ3n) is 4.94. The van der Waals surface area contributed by atoms with Crippen LogP contribution in [0.1, 0.15) is 42.5 Å². The van der Waals surface area contributed by atoms with E-state index in [1.54, 1.807) is 13.2 Å². The van der Waals surface area contributed by atoms with Crippen molar-refractivity contribution in [2.75, 3.05) is 20.8 Å². The molecule has 3 aromatic rings. The molecule has 7 heteroatoms. The van der Waals surface area contributed by atoms with Crippen molar-refractivity contribution in [3.05, 3.63) is 82.7 Å². The standard InChI is InChI=1S/C24H23NO6/c1-15-13-21(16(2)25(15)19-9-11-20(29-3)12-10-19)22(26)14-31-24(28)18-7-5-17(6-8-18)23(27)30-4/h5-13H,14H2,1-4H3. The summed E-state index contributed by atoms with van der Waals surface area (Å²) in [6, 6.07) is 15.1. The topological polar surface area (TPSA) is 83.8 Å². The highest BCUT2D eigenvalue weighted by molar-refractivity contribution is 6.00. The van der Waals surface area contributed by atoms with Crippen LogP contribution in [-0.4, -0.2) is 43.1 Å². The summed E-state index contributed by atoms with van der Waals surface area (Å²) in [7, 11) is 2.88. The number of ether oxygens (including phenoxy) is 3. The van der Waals surface area contributed by atoms with E-state index < -0.39 is 11.9 Å². The third-order valence-corrected chi connectivity index (χ3v) is 4.94. The van der Waals surface area contributed by atoms with E-state index in [1.807, 2.05) is 42.7 Å². The summed E-state index contributed by atoms with van der Waals surface area (Å²) in [4.78, 5) is 36.4. The maximum absolute atomic E-state index is 12.7. The quantitative estimate of drug-likeness (QED) is 0.425. The molecule has 0 saturated carbocycles. The Labute approximate surface area is 180 Å². The molecule has 0 radical (unpaired) electrons. The Balaban J connectivity index is 1.70. The number of benzene rings is 2. The van der Waals surface area contributed by atoms with Gasteiger partial charge in [-0.25, -0.2) is 9.59 Å². The van der Waals surface area contributed by atoms with E-state index in [1.165, 1.54) is 31.4 Å². The fourth-order valence-electron chi connectivity index (χ4n) is 3.33. The second-order valence-electron chi connectivity index (χ2n) is 6.89. The van der Waals surface area contributed by atoms with Gasteiger partial charge in [0.25, 0.3) is 0 Å². The number of aromatic nitrogens is 1. The normalized spacial score (nSPS) is 10.5. The minimum Gasteiger partial charge on any atom is -0.497 e. The van der Waals surface area contributed by atoms with Crippen LogP contribution in [0, 0.1) is 13.8 Å². The predicted molar refractivity (Wildman–Crippen MR) is 114 cm³/mol. The Morgan fingerprint density at radius 2 is 1.42 bits per heavy atom. The third kappa shape index (κ3) is 4.66. The minimum atomic E-state index is -0.645. The number of ketones is 1. The van der Waals surface area contributed by atoms with Gasteiger partial charge in [-0.15, -0.1) is 0 Å². The van der Waals surface area contributed by atoms with Gasteiger partial charge in [-0.05, 0) is 68.4 Å². The molecule has 160 valence electrons. The van der Waals surface area contributed by atoms with E-state index >= 15 is 0 Å². The Kier molecular flexibility index (Phi) is 6.55. The van der Waals surface area contributed by atoms with Crippen LogP contribution in [0.2, 0.25) is 0 Å². The molecule has 0 fully saturated rings. The van der Waals surface area contributed by atoms with E-state index in [0.29, 0.717) is 11.1 Å². The maximum Gasteiger partial charge on any atom is 0.338 e. The molecule has 2 aromatic carbocycles. The predicted octanol–water partition coefficient (Wildman–Crippen LogP) is 3.93. The minimum absolute atomic E-state index is 0.240. The number of hydrogen-bond donors (Lipinski definition) is 0. The molecular weight excluding hydrogens is 398 g/mol. The number of aryl methyl sites for hydroxylation is 1. The van der Waals surface area contributed by atoms with E-state index in [0.717, 1.165) is 22.8 Å². The molecule has 1 aromatic heterocycles. The molecule has 0 aliphatic carbocycles. The zero-order valence-electron chi connectivity index (χ0n) is 17.8. The molecule has 31 heavy (non-hydrogen) atoms. The van der Waals surface area contributed by atoms with Gasteiger partial charge in [-0.3, -0.25) is 4.79 Å². The van der Waals surface area contributed by atoms with Gasteiger partial charge in [-0.2, -0.15) is 0 Å². The van der Waals surface area contributed by atoms with Crippen molar-refractivity contribution in [2.24, 2.45) is 0 Å². The monoisotopic (exact) mass is 421 g/mol. The second kappa shape index (κ2) is 9.30. The van der Waals surface area contributed by atoms with Crippen LogP contribution in [0.3, 0.4) is 0 Å². The number of Topliss-reactive ketones (excluding diaryl/α,β-unsaturated/α-hetero) is 1. The molecule has 0 spiro atoms. The Bertz CT molecular complexity index is 1110. The molecule has 1 heterocycles. The van der Waals surface area contributed by atoms with Crippen LogP contribution < -0.4 is 4.74 Å². The lowest BCUT2D eigenvalue weighted by Gasteiger charge is -2.11. The molecule has 0 N–H and O–H groups in total. The lowest BCUT2D eigenvalue weighted by Crippen LogP contribution is -2.15. The van der Waals surface area contributed by atoms with Crippen molar-refractivity contribution in [2.45, 2.75) is 13.8 Å². The lowest BCUT2D eigenvalue weighted by molar-refractivity contribution is 0.0474. The van der Waals surface area contributed by atoms with Gasteiger partial charge in [-0.1, -0.05) is 0 Å². The molecule has 7 nitrogen and oxygen atoms in total. The highest BCUT2D eigenvalue weighted by atomic mass is 16.5. The van der Waals surface area contributed by atoms with Crippen LogP contribution in [0.4, 0.5) is 0 Å². The lowest BCUT2D eigenvalue weighted by atomic mass is 10.1. The first kappa shape index (κ1) is 21.8. The van der Waals surface area contributed by atoms with E-state index in [4.69, 9.17) is 9.47 Å². The van der Waals surface area contributed by atoms with E-state index in [2.05, 4.69) is 4.74 Å².